The average Bonchev–Trinajstić information content (AvgIpc) is 2.30. The summed E-state index contributed by atoms with van der Waals surface area (Å²) in [6, 6.07) is 14.2. The second kappa shape index (κ2) is 6.07. The molecule has 2 nitrogen and oxygen atoms in total. The maximum Gasteiger partial charge on any atom is 0.127 e. The van der Waals surface area contributed by atoms with E-state index in [0.717, 1.165) is 21.9 Å². The molecule has 0 fully saturated rings. The number of anilines is 1. The van der Waals surface area contributed by atoms with Gasteiger partial charge in [0.1, 0.15) is 10.8 Å². The van der Waals surface area contributed by atoms with Crippen LogP contribution in [0.4, 0.5) is 5.82 Å². The molecule has 17 heavy (non-hydrogen) atoms. The normalized spacial score (nSPS) is 10.2. The molecule has 0 unspecified atom stereocenters. The highest BCUT2D eigenvalue weighted by atomic mass is 79.9. The number of benzene rings is 1. The summed E-state index contributed by atoms with van der Waals surface area (Å²) in [6.45, 7) is 2.95. The molecular formula is C13H13BrN2S. The van der Waals surface area contributed by atoms with Crippen molar-refractivity contribution < 1.29 is 0 Å². The fourth-order valence-electron chi connectivity index (χ4n) is 1.40. The molecule has 0 aliphatic heterocycles. The topological polar surface area (TPSA) is 24.9 Å². The lowest BCUT2D eigenvalue weighted by Crippen LogP contribution is -1.98. The van der Waals surface area contributed by atoms with Gasteiger partial charge in [-0.25, -0.2) is 4.98 Å². The zero-order chi connectivity index (χ0) is 12.1. The van der Waals surface area contributed by atoms with Crippen LogP contribution in [0.5, 0.6) is 0 Å². The van der Waals surface area contributed by atoms with Crippen molar-refractivity contribution in [1.29, 1.82) is 0 Å². The summed E-state index contributed by atoms with van der Waals surface area (Å²) in [4.78, 5) is 5.71. The van der Waals surface area contributed by atoms with Crippen LogP contribution >= 0.6 is 27.7 Å². The molecule has 0 saturated heterocycles. The minimum atomic E-state index is 0.887. The van der Waals surface area contributed by atoms with E-state index in [-0.39, 0.29) is 0 Å². The first kappa shape index (κ1) is 12.5. The van der Waals surface area contributed by atoms with Crippen molar-refractivity contribution in [2.24, 2.45) is 0 Å². The minimum Gasteiger partial charge on any atom is -0.370 e. The predicted molar refractivity (Wildman–Crippen MR) is 76.7 cm³/mol. The van der Waals surface area contributed by atoms with E-state index in [1.807, 2.05) is 30.3 Å². The summed E-state index contributed by atoms with van der Waals surface area (Å²) in [5.74, 6) is 0.924. The molecule has 1 N–H and O–H groups in total. The number of pyridine rings is 1. The highest BCUT2D eigenvalue weighted by Gasteiger charge is 2.00. The maximum absolute atomic E-state index is 4.52. The van der Waals surface area contributed by atoms with Crippen LogP contribution in [0.25, 0.3) is 0 Å². The number of hydrogen-bond donors (Lipinski definition) is 1. The summed E-state index contributed by atoms with van der Waals surface area (Å²) in [5.41, 5.74) is 0. The number of nitrogens with one attached hydrogen (secondary N) is 1. The molecule has 0 atom stereocenters. The van der Waals surface area contributed by atoms with Gasteiger partial charge in [-0.3, -0.25) is 0 Å². The van der Waals surface area contributed by atoms with E-state index in [1.54, 1.807) is 11.8 Å². The molecule has 0 bridgehead atoms. The van der Waals surface area contributed by atoms with Crippen molar-refractivity contribution in [3.63, 3.8) is 0 Å². The fraction of sp³-hybridized carbons (Fsp3) is 0.154. The second-order valence-corrected chi connectivity index (χ2v) is 5.46. The smallest absolute Gasteiger partial charge is 0.127 e. The molecule has 88 valence electrons. The van der Waals surface area contributed by atoms with Gasteiger partial charge < -0.3 is 5.32 Å². The Morgan fingerprint density at radius 1 is 1.24 bits per heavy atom. The molecule has 4 heteroatoms. The molecule has 2 rings (SSSR count). The van der Waals surface area contributed by atoms with Crippen LogP contribution in [0.15, 0.2) is 56.9 Å². The van der Waals surface area contributed by atoms with Crippen molar-refractivity contribution in [3.05, 3.63) is 46.9 Å². The Morgan fingerprint density at radius 3 is 2.82 bits per heavy atom. The Bertz CT molecular complexity index is 502. The summed E-state index contributed by atoms with van der Waals surface area (Å²) in [7, 11) is 0. The van der Waals surface area contributed by atoms with Crippen molar-refractivity contribution in [1.82, 2.24) is 4.98 Å². The number of halogens is 1. The minimum absolute atomic E-state index is 0.887. The molecule has 1 heterocycles. The van der Waals surface area contributed by atoms with Crippen molar-refractivity contribution in [2.45, 2.75) is 16.8 Å². The molecule has 0 aliphatic rings. The zero-order valence-corrected chi connectivity index (χ0v) is 11.9. The van der Waals surface area contributed by atoms with E-state index in [2.05, 4.69) is 45.3 Å². The lowest BCUT2D eigenvalue weighted by molar-refractivity contribution is 1.08. The third kappa shape index (κ3) is 3.75. The van der Waals surface area contributed by atoms with Gasteiger partial charge in [-0.05, 0) is 37.3 Å². The third-order valence-electron chi connectivity index (χ3n) is 2.10. The Kier molecular flexibility index (Phi) is 4.45. The molecule has 0 radical (unpaired) electrons. The van der Waals surface area contributed by atoms with Crippen LogP contribution in [0.3, 0.4) is 0 Å². The zero-order valence-electron chi connectivity index (χ0n) is 9.48. The first-order valence-corrected chi connectivity index (χ1v) is 7.03. The van der Waals surface area contributed by atoms with Crippen LogP contribution in [0, 0.1) is 0 Å². The summed E-state index contributed by atoms with van der Waals surface area (Å²) in [5, 5.41) is 4.21. The van der Waals surface area contributed by atoms with E-state index >= 15 is 0 Å². The molecule has 0 aliphatic carbocycles. The second-order valence-electron chi connectivity index (χ2n) is 3.45. The van der Waals surface area contributed by atoms with Gasteiger partial charge in [-0.2, -0.15) is 0 Å². The first-order chi connectivity index (χ1) is 8.28. The molecular weight excluding hydrogens is 296 g/mol. The summed E-state index contributed by atoms with van der Waals surface area (Å²) < 4.78 is 1.09. The molecule has 0 amide bonds. The van der Waals surface area contributed by atoms with Crippen LogP contribution in [0.2, 0.25) is 0 Å². The van der Waals surface area contributed by atoms with Crippen molar-refractivity contribution in [3.8, 4) is 0 Å². The molecule has 0 saturated carbocycles. The maximum atomic E-state index is 4.52. The lowest BCUT2D eigenvalue weighted by Gasteiger charge is -2.05. The Labute approximate surface area is 114 Å². The van der Waals surface area contributed by atoms with Gasteiger partial charge in [0.15, 0.2) is 0 Å². The third-order valence-corrected chi connectivity index (χ3v) is 3.52. The van der Waals surface area contributed by atoms with E-state index in [1.165, 1.54) is 4.90 Å². The SMILES string of the molecule is CCNc1cccc(Sc2cccc(Br)c2)n1. The molecule has 1 aromatic carbocycles. The number of aromatic nitrogens is 1. The van der Waals surface area contributed by atoms with Gasteiger partial charge in [0.05, 0.1) is 0 Å². The number of hydrogen-bond acceptors (Lipinski definition) is 3. The van der Waals surface area contributed by atoms with Crippen LogP contribution < -0.4 is 5.32 Å². The number of nitrogens with zero attached hydrogens (tertiary/aromatic N) is 1. The monoisotopic (exact) mass is 308 g/mol. The van der Waals surface area contributed by atoms with Crippen LogP contribution in [-0.4, -0.2) is 11.5 Å². The van der Waals surface area contributed by atoms with Crippen molar-refractivity contribution >= 4 is 33.5 Å². The van der Waals surface area contributed by atoms with Gasteiger partial charge in [0.2, 0.25) is 0 Å². The predicted octanol–water partition coefficient (Wildman–Crippen LogP) is 4.43. The van der Waals surface area contributed by atoms with Crippen molar-refractivity contribution in [2.75, 3.05) is 11.9 Å². The van der Waals surface area contributed by atoms with Gasteiger partial charge in [0.25, 0.3) is 0 Å². The van der Waals surface area contributed by atoms with Crippen LogP contribution in [0.1, 0.15) is 6.92 Å². The average molecular weight is 309 g/mol. The molecule has 1 aromatic heterocycles. The summed E-state index contributed by atoms with van der Waals surface area (Å²) >= 11 is 5.13. The van der Waals surface area contributed by atoms with E-state index < -0.39 is 0 Å². The first-order valence-electron chi connectivity index (χ1n) is 5.42. The van der Waals surface area contributed by atoms with E-state index in [0.29, 0.717) is 0 Å². The highest BCUT2D eigenvalue weighted by Crippen LogP contribution is 2.28. The van der Waals surface area contributed by atoms with Gasteiger partial charge in [0, 0.05) is 15.9 Å². The number of rotatable bonds is 4. The van der Waals surface area contributed by atoms with E-state index in [9.17, 15) is 0 Å². The van der Waals surface area contributed by atoms with E-state index in [4.69, 9.17) is 0 Å². The van der Waals surface area contributed by atoms with Gasteiger partial charge >= 0.3 is 0 Å². The molecule has 2 aromatic rings. The largest absolute Gasteiger partial charge is 0.370 e. The van der Waals surface area contributed by atoms with Gasteiger partial charge in [-0.15, -0.1) is 0 Å². The lowest BCUT2D eigenvalue weighted by atomic mass is 10.4. The van der Waals surface area contributed by atoms with Gasteiger partial charge in [-0.1, -0.05) is 39.8 Å². The summed E-state index contributed by atoms with van der Waals surface area (Å²) in [6.07, 6.45) is 0. The Morgan fingerprint density at radius 2 is 2.06 bits per heavy atom. The highest BCUT2D eigenvalue weighted by molar-refractivity contribution is 9.10. The Hall–Kier alpha value is -1.00. The fourth-order valence-corrected chi connectivity index (χ4v) is 2.82. The standard InChI is InChI=1S/C13H13BrN2S/c1-2-15-12-7-4-8-13(16-12)17-11-6-3-5-10(14)9-11/h3-9H,2H2,1H3,(H,15,16). The quantitative estimate of drug-likeness (QED) is 0.904. The molecule has 0 spiro atoms. The Balaban J connectivity index is 2.15. The van der Waals surface area contributed by atoms with Crippen LogP contribution in [-0.2, 0) is 0 Å².